The number of ketones is 1. The van der Waals surface area contributed by atoms with Gasteiger partial charge in [0.15, 0.2) is 5.78 Å². The molecular weight excluding hydrogens is 239 g/mol. The maximum atomic E-state index is 12.3. The molecule has 0 amide bonds. The number of carbonyl (C=O) groups is 1. The summed E-state index contributed by atoms with van der Waals surface area (Å²) in [5, 5.41) is 18.4. The zero-order chi connectivity index (χ0) is 13.6. The molecule has 0 saturated heterocycles. The highest BCUT2D eigenvalue weighted by Crippen LogP contribution is 2.36. The summed E-state index contributed by atoms with van der Waals surface area (Å²) in [7, 11) is -1.51. The van der Waals surface area contributed by atoms with Gasteiger partial charge in [0.1, 0.15) is 0 Å². The molecule has 3 rings (SSSR count). The van der Waals surface area contributed by atoms with Gasteiger partial charge in [0.05, 0.1) is 0 Å². The smallest absolute Gasteiger partial charge is 0.423 e. The second kappa shape index (κ2) is 4.33. The zero-order valence-corrected chi connectivity index (χ0v) is 10.6. The van der Waals surface area contributed by atoms with Crippen LogP contribution in [0.1, 0.15) is 28.4 Å². The predicted octanol–water partition coefficient (Wildman–Crippen LogP) is 1.14. The van der Waals surface area contributed by atoms with E-state index in [4.69, 9.17) is 0 Å². The Balaban J connectivity index is 2.21. The largest absolute Gasteiger partial charge is 0.488 e. The van der Waals surface area contributed by atoms with Crippen LogP contribution in [0, 0.1) is 0 Å². The van der Waals surface area contributed by atoms with Gasteiger partial charge >= 0.3 is 7.12 Å². The summed E-state index contributed by atoms with van der Waals surface area (Å²) in [5.41, 5.74) is 4.53. The molecule has 0 bridgehead atoms. The lowest BCUT2D eigenvalue weighted by Crippen LogP contribution is -2.29. The first-order valence-electron chi connectivity index (χ1n) is 6.30. The second-order valence-electron chi connectivity index (χ2n) is 4.74. The molecule has 0 aromatic heterocycles. The summed E-state index contributed by atoms with van der Waals surface area (Å²) in [4.78, 5) is 12.3. The van der Waals surface area contributed by atoms with Crippen molar-refractivity contribution in [2.45, 2.75) is 13.3 Å². The minimum Gasteiger partial charge on any atom is -0.423 e. The number of aryl methyl sites for hydroxylation is 1. The molecule has 4 heteroatoms. The zero-order valence-electron chi connectivity index (χ0n) is 10.6. The van der Waals surface area contributed by atoms with E-state index < -0.39 is 7.12 Å². The molecule has 1 aliphatic carbocycles. The number of hydrogen-bond donors (Lipinski definition) is 2. The first kappa shape index (κ1) is 12.1. The molecule has 0 fully saturated rings. The van der Waals surface area contributed by atoms with Gasteiger partial charge in [-0.1, -0.05) is 37.3 Å². The normalized spacial score (nSPS) is 12.3. The Bertz CT molecular complexity index is 677. The fourth-order valence-electron chi connectivity index (χ4n) is 2.52. The van der Waals surface area contributed by atoms with Crippen LogP contribution in [0.5, 0.6) is 0 Å². The van der Waals surface area contributed by atoms with Crippen LogP contribution in [0.3, 0.4) is 0 Å². The molecule has 3 nitrogen and oxygen atoms in total. The molecule has 0 radical (unpaired) electrons. The van der Waals surface area contributed by atoms with Gasteiger partial charge in [0.25, 0.3) is 0 Å². The van der Waals surface area contributed by atoms with Gasteiger partial charge in [-0.25, -0.2) is 0 Å². The molecule has 0 heterocycles. The Morgan fingerprint density at radius 3 is 2.37 bits per heavy atom. The Labute approximate surface area is 111 Å². The highest BCUT2D eigenvalue weighted by Gasteiger charge is 2.28. The van der Waals surface area contributed by atoms with E-state index in [0.29, 0.717) is 16.6 Å². The minimum atomic E-state index is -1.51. The number of benzene rings is 2. The second-order valence-corrected chi connectivity index (χ2v) is 4.74. The third kappa shape index (κ3) is 1.80. The van der Waals surface area contributed by atoms with Crippen LogP contribution >= 0.6 is 0 Å². The van der Waals surface area contributed by atoms with Crippen molar-refractivity contribution in [2.75, 3.05) is 0 Å². The van der Waals surface area contributed by atoms with E-state index in [1.54, 1.807) is 18.2 Å². The van der Waals surface area contributed by atoms with E-state index >= 15 is 0 Å². The van der Waals surface area contributed by atoms with Crippen LogP contribution in [0.4, 0.5) is 0 Å². The van der Waals surface area contributed by atoms with Crippen LogP contribution in [0.15, 0.2) is 36.4 Å². The van der Waals surface area contributed by atoms with Gasteiger partial charge in [-0.2, -0.15) is 0 Å². The maximum absolute atomic E-state index is 12.3. The van der Waals surface area contributed by atoms with Crippen molar-refractivity contribution in [1.29, 1.82) is 0 Å². The van der Waals surface area contributed by atoms with Gasteiger partial charge in [-0.05, 0) is 34.6 Å². The van der Waals surface area contributed by atoms with Gasteiger partial charge in [-0.15, -0.1) is 0 Å². The molecule has 2 aromatic rings. The van der Waals surface area contributed by atoms with E-state index in [0.717, 1.165) is 23.1 Å². The molecule has 2 N–H and O–H groups in total. The van der Waals surface area contributed by atoms with E-state index in [9.17, 15) is 14.8 Å². The maximum Gasteiger partial charge on any atom is 0.488 e. The standard InChI is InChI=1S/C15H13BO3/c1-2-9-3-5-11-13-8-10(16(18)19)4-6-12(13)15(17)14(11)7-9/h3-8,18-19H,2H2,1H3. The molecule has 2 aromatic carbocycles. The van der Waals surface area contributed by atoms with Gasteiger partial charge in [0.2, 0.25) is 0 Å². The van der Waals surface area contributed by atoms with Crippen molar-refractivity contribution in [3.63, 3.8) is 0 Å². The number of rotatable bonds is 2. The van der Waals surface area contributed by atoms with Gasteiger partial charge in [-0.3, -0.25) is 4.79 Å². The lowest BCUT2D eigenvalue weighted by Gasteiger charge is -2.04. The Kier molecular flexibility index (Phi) is 2.77. The lowest BCUT2D eigenvalue weighted by atomic mass is 9.79. The van der Waals surface area contributed by atoms with E-state index in [2.05, 4.69) is 6.92 Å². The summed E-state index contributed by atoms with van der Waals surface area (Å²) in [6.45, 7) is 2.05. The highest BCUT2D eigenvalue weighted by atomic mass is 16.4. The number of carbonyl (C=O) groups excluding carboxylic acids is 1. The Morgan fingerprint density at radius 2 is 1.68 bits per heavy atom. The highest BCUT2D eigenvalue weighted by molar-refractivity contribution is 6.58. The summed E-state index contributed by atoms with van der Waals surface area (Å²) < 4.78 is 0. The topological polar surface area (TPSA) is 57.5 Å². The number of fused-ring (bicyclic) bond motifs is 3. The first-order chi connectivity index (χ1) is 9.11. The number of hydrogen-bond acceptors (Lipinski definition) is 3. The van der Waals surface area contributed by atoms with Gasteiger partial charge < -0.3 is 10.0 Å². The minimum absolute atomic E-state index is 0.0132. The van der Waals surface area contributed by atoms with Crippen LogP contribution in [0.2, 0.25) is 0 Å². The summed E-state index contributed by atoms with van der Waals surface area (Å²) in [6, 6.07) is 10.8. The molecule has 0 aliphatic heterocycles. The van der Waals surface area contributed by atoms with Crippen LogP contribution < -0.4 is 5.46 Å². The lowest BCUT2D eigenvalue weighted by molar-refractivity contribution is 0.104. The van der Waals surface area contributed by atoms with E-state index in [1.165, 1.54) is 0 Å². The third-order valence-electron chi connectivity index (χ3n) is 3.61. The van der Waals surface area contributed by atoms with Crippen LogP contribution in [-0.2, 0) is 6.42 Å². The van der Waals surface area contributed by atoms with Crippen molar-refractivity contribution in [2.24, 2.45) is 0 Å². The van der Waals surface area contributed by atoms with Crippen LogP contribution in [0.25, 0.3) is 11.1 Å². The third-order valence-corrected chi connectivity index (χ3v) is 3.61. The van der Waals surface area contributed by atoms with E-state index in [-0.39, 0.29) is 5.78 Å². The summed E-state index contributed by atoms with van der Waals surface area (Å²) in [6.07, 6.45) is 0.886. The molecule has 1 aliphatic rings. The van der Waals surface area contributed by atoms with Crippen molar-refractivity contribution in [1.82, 2.24) is 0 Å². The van der Waals surface area contributed by atoms with Crippen molar-refractivity contribution >= 4 is 18.4 Å². The van der Waals surface area contributed by atoms with Crippen LogP contribution in [-0.4, -0.2) is 22.9 Å². The SMILES string of the molecule is CCc1ccc2c(c1)C(=O)c1ccc(B(O)O)cc1-2. The molecule has 0 atom stereocenters. The monoisotopic (exact) mass is 252 g/mol. The fraction of sp³-hybridized carbons (Fsp3) is 0.133. The fourth-order valence-corrected chi connectivity index (χ4v) is 2.52. The van der Waals surface area contributed by atoms with E-state index in [1.807, 2.05) is 18.2 Å². The van der Waals surface area contributed by atoms with Crippen molar-refractivity contribution in [3.05, 3.63) is 53.1 Å². The quantitative estimate of drug-likeness (QED) is 0.672. The molecule has 0 saturated carbocycles. The molecular formula is C15H13BO3. The van der Waals surface area contributed by atoms with Crippen molar-refractivity contribution < 1.29 is 14.8 Å². The Hall–Kier alpha value is -1.91. The molecule has 0 spiro atoms. The Morgan fingerprint density at radius 1 is 0.947 bits per heavy atom. The average Bonchev–Trinajstić information content (AvgIpc) is 2.71. The molecule has 0 unspecified atom stereocenters. The van der Waals surface area contributed by atoms with Gasteiger partial charge in [0, 0.05) is 11.1 Å². The molecule has 19 heavy (non-hydrogen) atoms. The van der Waals surface area contributed by atoms with Crippen molar-refractivity contribution in [3.8, 4) is 11.1 Å². The summed E-state index contributed by atoms with van der Waals surface area (Å²) >= 11 is 0. The summed E-state index contributed by atoms with van der Waals surface area (Å²) in [5.74, 6) is 0.0132. The first-order valence-corrected chi connectivity index (χ1v) is 6.30. The predicted molar refractivity (Wildman–Crippen MR) is 74.5 cm³/mol. The average molecular weight is 252 g/mol. The molecule has 94 valence electrons.